The van der Waals surface area contributed by atoms with E-state index in [2.05, 4.69) is 22.1 Å². The first-order chi connectivity index (χ1) is 10.1. The van der Waals surface area contributed by atoms with Crippen molar-refractivity contribution in [3.05, 3.63) is 53.2 Å². The molecule has 4 N–H and O–H groups in total. The van der Waals surface area contributed by atoms with Crippen molar-refractivity contribution in [3.63, 3.8) is 0 Å². The van der Waals surface area contributed by atoms with Gasteiger partial charge in [0.15, 0.2) is 0 Å². The number of carbonyl (C=O) groups is 1. The first kappa shape index (κ1) is 14.6. The molecule has 5 heteroatoms. The Kier molecular flexibility index (Phi) is 4.54. The van der Waals surface area contributed by atoms with Crippen LogP contribution in [0.2, 0.25) is 0 Å². The maximum atomic E-state index is 12.2. The second-order valence-corrected chi connectivity index (χ2v) is 4.32. The molecule has 0 atom stereocenters. The van der Waals surface area contributed by atoms with Crippen LogP contribution in [0.5, 0.6) is 5.75 Å². The maximum Gasteiger partial charge on any atom is 0.257 e. The van der Waals surface area contributed by atoms with Crippen molar-refractivity contribution < 1.29 is 9.90 Å². The van der Waals surface area contributed by atoms with Gasteiger partial charge in [0.05, 0.1) is 6.54 Å². The Morgan fingerprint density at radius 2 is 2.10 bits per heavy atom. The van der Waals surface area contributed by atoms with Gasteiger partial charge in [-0.15, -0.1) is 0 Å². The molecule has 0 radical (unpaired) electrons. The zero-order valence-corrected chi connectivity index (χ0v) is 11.6. The number of hydrogen-bond acceptors (Lipinski definition) is 4. The number of nitrogens with zero attached hydrogens (tertiary/aromatic N) is 1. The molecular formula is C16H15N3O2. The quantitative estimate of drug-likeness (QED) is 0.730. The van der Waals surface area contributed by atoms with Crippen LogP contribution in [0, 0.1) is 18.8 Å². The van der Waals surface area contributed by atoms with Crippen LogP contribution < -0.4 is 11.1 Å². The van der Waals surface area contributed by atoms with Gasteiger partial charge in [-0.05, 0) is 37.1 Å². The second kappa shape index (κ2) is 6.55. The van der Waals surface area contributed by atoms with Crippen LogP contribution in [0.1, 0.15) is 21.6 Å². The number of pyridine rings is 1. The van der Waals surface area contributed by atoms with E-state index in [-0.39, 0.29) is 18.2 Å². The average molecular weight is 281 g/mol. The minimum Gasteiger partial charge on any atom is -0.508 e. The summed E-state index contributed by atoms with van der Waals surface area (Å²) in [6.07, 6.45) is 0. The van der Waals surface area contributed by atoms with E-state index in [1.54, 1.807) is 37.3 Å². The molecule has 0 spiro atoms. The van der Waals surface area contributed by atoms with E-state index >= 15 is 0 Å². The predicted molar refractivity (Wildman–Crippen MR) is 81.0 cm³/mol. The number of amides is 1. The zero-order chi connectivity index (χ0) is 15.2. The van der Waals surface area contributed by atoms with Crippen molar-refractivity contribution in [1.82, 2.24) is 4.98 Å². The Morgan fingerprint density at radius 3 is 2.86 bits per heavy atom. The SMILES string of the molecule is Cc1c(O)cccc1C(=O)Nc1cccc(C#CCN)n1. The molecular weight excluding hydrogens is 266 g/mol. The largest absolute Gasteiger partial charge is 0.508 e. The fourth-order valence-corrected chi connectivity index (χ4v) is 1.77. The first-order valence-corrected chi connectivity index (χ1v) is 6.37. The van der Waals surface area contributed by atoms with Gasteiger partial charge in [-0.25, -0.2) is 4.98 Å². The van der Waals surface area contributed by atoms with E-state index < -0.39 is 0 Å². The van der Waals surface area contributed by atoms with Crippen LogP contribution in [0.25, 0.3) is 0 Å². The van der Waals surface area contributed by atoms with Gasteiger partial charge in [0.2, 0.25) is 0 Å². The molecule has 106 valence electrons. The van der Waals surface area contributed by atoms with Crippen LogP contribution in [0.4, 0.5) is 5.82 Å². The summed E-state index contributed by atoms with van der Waals surface area (Å²) in [4.78, 5) is 16.4. The summed E-state index contributed by atoms with van der Waals surface area (Å²) < 4.78 is 0. The van der Waals surface area contributed by atoms with E-state index in [0.29, 0.717) is 22.6 Å². The standard InChI is InChI=1S/C16H15N3O2/c1-11-13(7-3-8-14(11)20)16(21)19-15-9-2-5-12(18-15)6-4-10-17/h2-3,5,7-9,20H,10,17H2,1H3,(H,18,19,21). The number of phenolic OH excluding ortho intramolecular Hbond substituents is 1. The molecule has 0 unspecified atom stereocenters. The van der Waals surface area contributed by atoms with Crippen molar-refractivity contribution in [2.75, 3.05) is 11.9 Å². The zero-order valence-electron chi connectivity index (χ0n) is 11.6. The molecule has 5 nitrogen and oxygen atoms in total. The summed E-state index contributed by atoms with van der Waals surface area (Å²) in [5.41, 5.74) is 6.76. The lowest BCUT2D eigenvalue weighted by atomic mass is 10.1. The third kappa shape index (κ3) is 3.59. The van der Waals surface area contributed by atoms with E-state index in [9.17, 15) is 9.90 Å². The van der Waals surface area contributed by atoms with Crippen molar-refractivity contribution in [2.45, 2.75) is 6.92 Å². The monoisotopic (exact) mass is 281 g/mol. The molecule has 1 aromatic heterocycles. The molecule has 0 aliphatic rings. The summed E-state index contributed by atoms with van der Waals surface area (Å²) in [7, 11) is 0. The number of hydrogen-bond donors (Lipinski definition) is 3. The van der Waals surface area contributed by atoms with Crippen molar-refractivity contribution in [2.24, 2.45) is 5.73 Å². The lowest BCUT2D eigenvalue weighted by Crippen LogP contribution is -2.14. The van der Waals surface area contributed by atoms with Crippen molar-refractivity contribution >= 4 is 11.7 Å². The number of nitrogens with two attached hydrogens (primary N) is 1. The van der Waals surface area contributed by atoms with Crippen molar-refractivity contribution in [3.8, 4) is 17.6 Å². The first-order valence-electron chi connectivity index (χ1n) is 6.37. The van der Waals surface area contributed by atoms with Crippen LogP contribution >= 0.6 is 0 Å². The molecule has 0 saturated heterocycles. The Hall–Kier alpha value is -2.84. The van der Waals surface area contributed by atoms with E-state index in [0.717, 1.165) is 0 Å². The van der Waals surface area contributed by atoms with Gasteiger partial charge in [-0.2, -0.15) is 0 Å². The molecule has 1 heterocycles. The number of benzene rings is 1. The molecule has 0 saturated carbocycles. The summed E-state index contributed by atoms with van der Waals surface area (Å²) in [5, 5.41) is 12.3. The van der Waals surface area contributed by atoms with Gasteiger partial charge in [-0.1, -0.05) is 18.1 Å². The molecule has 0 fully saturated rings. The summed E-state index contributed by atoms with van der Waals surface area (Å²) in [6.45, 7) is 1.93. The number of carbonyl (C=O) groups excluding carboxylic acids is 1. The number of nitrogens with one attached hydrogen (secondary N) is 1. The number of phenols is 1. The highest BCUT2D eigenvalue weighted by Crippen LogP contribution is 2.20. The highest BCUT2D eigenvalue weighted by molar-refractivity contribution is 6.05. The molecule has 1 aromatic carbocycles. The number of anilines is 1. The number of aromatic hydroxyl groups is 1. The summed E-state index contributed by atoms with van der Waals surface area (Å²) in [6, 6.07) is 9.95. The van der Waals surface area contributed by atoms with E-state index in [1.165, 1.54) is 6.07 Å². The molecule has 1 amide bonds. The number of rotatable bonds is 2. The van der Waals surface area contributed by atoms with Gasteiger partial charge in [0.1, 0.15) is 17.3 Å². The Labute approximate surface area is 122 Å². The van der Waals surface area contributed by atoms with Crippen molar-refractivity contribution in [1.29, 1.82) is 0 Å². The van der Waals surface area contributed by atoms with E-state index in [4.69, 9.17) is 5.73 Å². The molecule has 2 aromatic rings. The van der Waals surface area contributed by atoms with Crippen LogP contribution in [-0.4, -0.2) is 22.5 Å². The summed E-state index contributed by atoms with van der Waals surface area (Å²) >= 11 is 0. The number of aromatic nitrogens is 1. The van der Waals surface area contributed by atoms with E-state index in [1.807, 2.05) is 0 Å². The lowest BCUT2D eigenvalue weighted by molar-refractivity contribution is 0.102. The Balaban J connectivity index is 2.22. The summed E-state index contributed by atoms with van der Waals surface area (Å²) in [5.74, 6) is 5.65. The topological polar surface area (TPSA) is 88.2 Å². The van der Waals surface area contributed by atoms with Crippen LogP contribution in [0.15, 0.2) is 36.4 Å². The molecule has 2 rings (SSSR count). The molecule has 0 aliphatic heterocycles. The highest BCUT2D eigenvalue weighted by Gasteiger charge is 2.12. The smallest absolute Gasteiger partial charge is 0.257 e. The Bertz CT molecular complexity index is 730. The van der Waals surface area contributed by atoms with Gasteiger partial charge < -0.3 is 16.2 Å². The minimum atomic E-state index is -0.333. The normalized spacial score (nSPS) is 9.62. The molecule has 0 aliphatic carbocycles. The maximum absolute atomic E-state index is 12.2. The lowest BCUT2D eigenvalue weighted by Gasteiger charge is -2.08. The third-order valence-corrected chi connectivity index (χ3v) is 2.86. The van der Waals surface area contributed by atoms with Crippen LogP contribution in [0.3, 0.4) is 0 Å². The fourth-order valence-electron chi connectivity index (χ4n) is 1.77. The molecule has 21 heavy (non-hydrogen) atoms. The minimum absolute atomic E-state index is 0.0816. The predicted octanol–water partition coefficient (Wildman–Crippen LogP) is 1.66. The highest BCUT2D eigenvalue weighted by atomic mass is 16.3. The van der Waals surface area contributed by atoms with Gasteiger partial charge in [0.25, 0.3) is 5.91 Å². The Morgan fingerprint density at radius 1 is 1.33 bits per heavy atom. The fraction of sp³-hybridized carbons (Fsp3) is 0.125. The molecule has 0 bridgehead atoms. The van der Waals surface area contributed by atoms with Gasteiger partial charge in [-0.3, -0.25) is 4.79 Å². The van der Waals surface area contributed by atoms with Crippen LogP contribution in [-0.2, 0) is 0 Å². The second-order valence-electron chi connectivity index (χ2n) is 4.32. The van der Waals surface area contributed by atoms with Gasteiger partial charge in [0, 0.05) is 11.1 Å². The third-order valence-electron chi connectivity index (χ3n) is 2.86. The average Bonchev–Trinajstić information content (AvgIpc) is 2.48. The van der Waals surface area contributed by atoms with Gasteiger partial charge >= 0.3 is 0 Å².